The molecular weight excluding hydrogens is 668 g/mol. The summed E-state index contributed by atoms with van der Waals surface area (Å²) in [4.78, 5) is 0. The molecule has 0 saturated carbocycles. The molecule has 44 heavy (non-hydrogen) atoms. The fourth-order valence-electron chi connectivity index (χ4n) is 4.19. The van der Waals surface area contributed by atoms with E-state index in [1.807, 2.05) is 0 Å². The summed E-state index contributed by atoms with van der Waals surface area (Å²) in [6.45, 7) is -1.10. The van der Waals surface area contributed by atoms with E-state index in [4.69, 9.17) is 0 Å². The Labute approximate surface area is 245 Å². The minimum absolute atomic E-state index is 0.100. The zero-order valence-electron chi connectivity index (χ0n) is 24.0. The smallest absolute Gasteiger partial charge is 0.431 e. The van der Waals surface area contributed by atoms with E-state index in [1.54, 1.807) is 0 Å². The Kier molecular flexibility index (Phi) is 13.9. The molecule has 22 heteroatoms. The number of alkyl halides is 14. The van der Waals surface area contributed by atoms with Crippen molar-refractivity contribution in [3.05, 3.63) is 10.4 Å². The number of sulfonamides is 1. The molecule has 0 amide bonds. The van der Waals surface area contributed by atoms with E-state index in [0.29, 0.717) is 4.31 Å². The largest absolute Gasteiger partial charge is 0.633 e. The number of halogens is 14. The van der Waals surface area contributed by atoms with Crippen molar-refractivity contribution in [3.63, 3.8) is 0 Å². The van der Waals surface area contributed by atoms with Crippen LogP contribution >= 0.6 is 0 Å². The van der Waals surface area contributed by atoms with Crippen LogP contribution in [-0.2, 0) is 10.0 Å². The first kappa shape index (κ1) is 42.8. The molecule has 0 saturated heterocycles. The highest BCUT2D eigenvalue weighted by atomic mass is 32.2. The number of hydroxylamine groups is 6. The highest BCUT2D eigenvalue weighted by molar-refractivity contribution is 7.89. The van der Waals surface area contributed by atoms with Gasteiger partial charge in [-0.25, -0.2) is 21.5 Å². The molecule has 0 fully saturated rings. The summed E-state index contributed by atoms with van der Waals surface area (Å²) in [5.74, 6) is -4.54. The molecule has 0 aliphatic carbocycles. The topological polar surface area (TPSA) is 83.5 Å². The zero-order valence-corrected chi connectivity index (χ0v) is 24.8. The Morgan fingerprint density at radius 1 is 0.591 bits per heavy atom. The van der Waals surface area contributed by atoms with E-state index in [9.17, 15) is 80.3 Å². The van der Waals surface area contributed by atoms with Gasteiger partial charge in [-0.05, 0) is 18.8 Å². The first-order valence-electron chi connectivity index (χ1n) is 12.8. The van der Waals surface area contributed by atoms with Crippen molar-refractivity contribution in [2.45, 2.75) is 74.6 Å². The molecule has 0 aliphatic rings. The van der Waals surface area contributed by atoms with Crippen LogP contribution in [0.4, 0.5) is 61.5 Å². The van der Waals surface area contributed by atoms with Crippen molar-refractivity contribution in [1.82, 2.24) is 4.31 Å². The van der Waals surface area contributed by atoms with E-state index in [-0.39, 0.29) is 25.9 Å². The van der Waals surface area contributed by atoms with Crippen molar-refractivity contribution in [1.29, 1.82) is 0 Å². The van der Waals surface area contributed by atoms with E-state index >= 15 is 0 Å². The number of nitrogens with zero attached hydrogens (tertiary/aromatic N) is 3. The lowest BCUT2D eigenvalue weighted by Gasteiger charge is -2.37. The average molecular weight is 704 g/mol. The predicted molar refractivity (Wildman–Crippen MR) is 129 cm³/mol. The molecular formula is C22H35F14N3O4S. The fourth-order valence-corrected chi connectivity index (χ4v) is 5.79. The van der Waals surface area contributed by atoms with E-state index in [2.05, 4.69) is 0 Å². The summed E-state index contributed by atoms with van der Waals surface area (Å²) < 4.78 is 211. The maximum absolute atomic E-state index is 14.4. The SMILES string of the molecule is C[N+](C)([O-])CCCN(CCC[N+](C)(C)[O-])S(=O)(=O)CCCC(CC(F)(C(F)(F)F)C(F)(F)F)CC(F)(C(F)(F)F)C(F)(F)F. The van der Waals surface area contributed by atoms with Gasteiger partial charge >= 0.3 is 24.7 Å². The second kappa shape index (κ2) is 14.3. The van der Waals surface area contributed by atoms with Crippen LogP contribution in [0.2, 0.25) is 0 Å². The van der Waals surface area contributed by atoms with Crippen LogP contribution in [0.1, 0.15) is 38.5 Å². The molecule has 0 heterocycles. The van der Waals surface area contributed by atoms with Crippen LogP contribution in [0.15, 0.2) is 0 Å². The summed E-state index contributed by atoms with van der Waals surface area (Å²) in [5.41, 5.74) is -12.7. The van der Waals surface area contributed by atoms with Crippen molar-refractivity contribution >= 4 is 10.0 Å². The lowest BCUT2D eigenvalue weighted by molar-refractivity contribution is -0.840. The van der Waals surface area contributed by atoms with Gasteiger partial charge in [0.2, 0.25) is 10.0 Å². The van der Waals surface area contributed by atoms with Crippen molar-refractivity contribution < 1.29 is 79.2 Å². The summed E-state index contributed by atoms with van der Waals surface area (Å²) in [5, 5.41) is 23.6. The highest BCUT2D eigenvalue weighted by Crippen LogP contribution is 2.55. The third-order valence-corrected chi connectivity index (χ3v) is 8.51. The van der Waals surface area contributed by atoms with Crippen LogP contribution in [0.3, 0.4) is 0 Å². The second-order valence-corrected chi connectivity index (χ2v) is 13.6. The summed E-state index contributed by atoms with van der Waals surface area (Å²) in [6.07, 6.45) is -36.9. The standard InChI is InChI=1S/C22H35F14N3O4S/c1-38(2,40)11-6-9-37(10-7-12-39(3,4)41)44(42,43)13-5-8-16(14-17(23,19(25,26)27)20(28,29)30)15-18(24,21(31,32)33)22(34,35)36/h16H,5-15H2,1-4H3. The second-order valence-electron chi connectivity index (χ2n) is 11.5. The number of hydrogen-bond donors (Lipinski definition) is 0. The Hall–Kier alpha value is -1.23. The molecule has 0 N–H and O–H groups in total. The predicted octanol–water partition coefficient (Wildman–Crippen LogP) is 6.39. The summed E-state index contributed by atoms with van der Waals surface area (Å²) in [6, 6.07) is 0. The van der Waals surface area contributed by atoms with Gasteiger partial charge < -0.3 is 19.7 Å². The van der Waals surface area contributed by atoms with E-state index < -0.39 is 106 Å². The summed E-state index contributed by atoms with van der Waals surface area (Å²) >= 11 is 0. The molecule has 0 spiro atoms. The Bertz CT molecular complexity index is 912. The van der Waals surface area contributed by atoms with Crippen LogP contribution in [0.5, 0.6) is 0 Å². The van der Waals surface area contributed by atoms with E-state index in [1.165, 1.54) is 28.2 Å². The molecule has 0 aliphatic heterocycles. The quantitative estimate of drug-likeness (QED) is 0.1000. The maximum Gasteiger partial charge on any atom is 0.431 e. The average Bonchev–Trinajstić information content (AvgIpc) is 2.72. The van der Waals surface area contributed by atoms with Gasteiger partial charge in [0, 0.05) is 38.8 Å². The molecule has 0 aromatic carbocycles. The monoisotopic (exact) mass is 703 g/mol. The first-order chi connectivity index (χ1) is 19.1. The lowest BCUT2D eigenvalue weighted by Crippen LogP contribution is -2.57. The van der Waals surface area contributed by atoms with Crippen LogP contribution in [0.25, 0.3) is 0 Å². The molecule has 0 atom stereocenters. The van der Waals surface area contributed by atoms with E-state index in [0.717, 1.165) is 0 Å². The Morgan fingerprint density at radius 2 is 0.886 bits per heavy atom. The lowest BCUT2D eigenvalue weighted by atomic mass is 9.80. The van der Waals surface area contributed by atoms with Gasteiger partial charge in [-0.1, -0.05) is 0 Å². The van der Waals surface area contributed by atoms with Gasteiger partial charge in [0.05, 0.1) is 47.0 Å². The Morgan fingerprint density at radius 3 is 1.14 bits per heavy atom. The molecule has 0 aromatic heterocycles. The van der Waals surface area contributed by atoms with Crippen LogP contribution < -0.4 is 0 Å². The van der Waals surface area contributed by atoms with Gasteiger partial charge in [0.15, 0.2) is 0 Å². The minimum atomic E-state index is -6.90. The molecule has 7 nitrogen and oxygen atoms in total. The normalized spacial score (nSPS) is 15.5. The van der Waals surface area contributed by atoms with Gasteiger partial charge in [0.25, 0.3) is 11.3 Å². The Balaban J connectivity index is 6.32. The van der Waals surface area contributed by atoms with Crippen LogP contribution in [-0.4, -0.2) is 118 Å². The minimum Gasteiger partial charge on any atom is -0.633 e. The van der Waals surface area contributed by atoms with Crippen molar-refractivity contribution in [2.75, 3.05) is 60.1 Å². The molecule has 0 unspecified atom stereocenters. The molecule has 0 radical (unpaired) electrons. The number of quaternary nitrogens is 2. The van der Waals surface area contributed by atoms with Gasteiger partial charge in [-0.2, -0.15) is 52.7 Å². The van der Waals surface area contributed by atoms with Crippen LogP contribution in [0, 0.1) is 16.3 Å². The van der Waals surface area contributed by atoms with Gasteiger partial charge in [0.1, 0.15) is 0 Å². The first-order valence-corrected chi connectivity index (χ1v) is 14.4. The van der Waals surface area contributed by atoms with Crippen molar-refractivity contribution in [2.24, 2.45) is 5.92 Å². The van der Waals surface area contributed by atoms with Gasteiger partial charge in [-0.15, -0.1) is 0 Å². The highest BCUT2D eigenvalue weighted by Gasteiger charge is 2.75. The number of rotatable bonds is 17. The molecule has 0 rings (SSSR count). The van der Waals surface area contributed by atoms with Gasteiger partial charge in [-0.3, -0.25) is 0 Å². The maximum atomic E-state index is 14.4. The third-order valence-electron chi connectivity index (χ3n) is 6.55. The fraction of sp³-hybridized carbons (Fsp3) is 1.00. The van der Waals surface area contributed by atoms with Crippen molar-refractivity contribution in [3.8, 4) is 0 Å². The summed E-state index contributed by atoms with van der Waals surface area (Å²) in [7, 11) is 0.202. The molecule has 0 aromatic rings. The number of hydrogen-bond acceptors (Lipinski definition) is 4. The molecule has 0 bridgehead atoms. The zero-order chi connectivity index (χ0) is 35.4. The molecule has 266 valence electrons. The third kappa shape index (κ3) is 12.5.